The summed E-state index contributed by atoms with van der Waals surface area (Å²) in [6.07, 6.45) is 7.14. The van der Waals surface area contributed by atoms with Crippen molar-refractivity contribution in [2.24, 2.45) is 5.41 Å². The average molecular weight is 182 g/mol. The van der Waals surface area contributed by atoms with Gasteiger partial charge in [0, 0.05) is 18.4 Å². The van der Waals surface area contributed by atoms with Crippen LogP contribution in [0.15, 0.2) is 0 Å². The molecule has 2 aliphatic carbocycles. The van der Waals surface area contributed by atoms with E-state index in [4.69, 9.17) is 9.47 Å². The Morgan fingerprint density at radius 3 is 2.62 bits per heavy atom. The molecule has 2 spiro atoms. The molecule has 1 aliphatic heterocycles. The lowest BCUT2D eigenvalue weighted by atomic mass is 9.56. The van der Waals surface area contributed by atoms with Gasteiger partial charge in [0.15, 0.2) is 0 Å². The minimum Gasteiger partial charge on any atom is -0.378 e. The van der Waals surface area contributed by atoms with Crippen LogP contribution in [0.3, 0.4) is 0 Å². The van der Waals surface area contributed by atoms with Gasteiger partial charge in [-0.25, -0.2) is 0 Å². The number of hydrogen-bond donors (Lipinski definition) is 0. The van der Waals surface area contributed by atoms with Gasteiger partial charge in [-0.3, -0.25) is 0 Å². The molecule has 1 heterocycles. The quantitative estimate of drug-likeness (QED) is 0.610. The fourth-order valence-corrected chi connectivity index (χ4v) is 3.56. The highest BCUT2D eigenvalue weighted by atomic mass is 16.6. The smallest absolute Gasteiger partial charge is 0.102 e. The molecule has 0 bridgehead atoms. The lowest BCUT2D eigenvalue weighted by Crippen LogP contribution is -2.59. The third kappa shape index (κ3) is 0.861. The third-order valence-corrected chi connectivity index (χ3v) is 4.40. The van der Waals surface area contributed by atoms with Gasteiger partial charge in [0.2, 0.25) is 0 Å². The molecule has 2 heteroatoms. The summed E-state index contributed by atoms with van der Waals surface area (Å²) in [6.45, 7) is 3.97. The van der Waals surface area contributed by atoms with E-state index in [1.54, 1.807) is 0 Å². The molecule has 13 heavy (non-hydrogen) atoms. The van der Waals surface area contributed by atoms with Crippen LogP contribution in [-0.4, -0.2) is 24.9 Å². The SMILES string of the molecule is CCOC1CC2(CO2)C12CCCC2. The molecule has 1 saturated heterocycles. The number of epoxide rings is 1. The third-order valence-electron chi connectivity index (χ3n) is 4.40. The van der Waals surface area contributed by atoms with E-state index in [1.807, 2.05) is 0 Å². The van der Waals surface area contributed by atoms with Crippen LogP contribution in [0.4, 0.5) is 0 Å². The van der Waals surface area contributed by atoms with Gasteiger partial charge in [0.25, 0.3) is 0 Å². The van der Waals surface area contributed by atoms with Crippen molar-refractivity contribution in [1.82, 2.24) is 0 Å². The standard InChI is InChI=1S/C11H18O2/c1-2-12-9-7-11(8-13-11)10(9)5-3-4-6-10/h9H,2-8H2,1H3. The molecule has 0 aromatic carbocycles. The maximum absolute atomic E-state index is 5.81. The zero-order valence-corrected chi connectivity index (χ0v) is 8.34. The van der Waals surface area contributed by atoms with Crippen LogP contribution in [-0.2, 0) is 9.47 Å². The van der Waals surface area contributed by atoms with Crippen molar-refractivity contribution in [3.8, 4) is 0 Å². The van der Waals surface area contributed by atoms with Crippen LogP contribution in [0.5, 0.6) is 0 Å². The van der Waals surface area contributed by atoms with Gasteiger partial charge in [-0.15, -0.1) is 0 Å². The highest BCUT2D eigenvalue weighted by molar-refractivity contribution is 5.22. The van der Waals surface area contributed by atoms with Gasteiger partial charge >= 0.3 is 0 Å². The first-order valence-corrected chi connectivity index (χ1v) is 5.59. The van der Waals surface area contributed by atoms with Crippen LogP contribution < -0.4 is 0 Å². The van der Waals surface area contributed by atoms with Gasteiger partial charge in [0.05, 0.1) is 12.7 Å². The maximum Gasteiger partial charge on any atom is 0.102 e. The van der Waals surface area contributed by atoms with E-state index in [0.29, 0.717) is 17.1 Å². The van der Waals surface area contributed by atoms with Gasteiger partial charge in [-0.2, -0.15) is 0 Å². The molecule has 74 valence electrons. The highest BCUT2D eigenvalue weighted by Gasteiger charge is 2.73. The topological polar surface area (TPSA) is 21.8 Å². The molecular weight excluding hydrogens is 164 g/mol. The van der Waals surface area contributed by atoms with Crippen molar-refractivity contribution in [3.63, 3.8) is 0 Å². The fraction of sp³-hybridized carbons (Fsp3) is 1.00. The second kappa shape index (κ2) is 2.48. The molecule has 0 aromatic rings. The molecule has 0 radical (unpaired) electrons. The summed E-state index contributed by atoms with van der Waals surface area (Å²) in [7, 11) is 0. The number of ether oxygens (including phenoxy) is 2. The number of fused-ring (bicyclic) bond motifs is 1. The Labute approximate surface area is 79.6 Å². The minimum atomic E-state index is 0.295. The Hall–Kier alpha value is -0.0800. The minimum absolute atomic E-state index is 0.295. The zero-order chi connectivity index (χ0) is 8.94. The molecule has 0 amide bonds. The zero-order valence-electron chi connectivity index (χ0n) is 8.34. The Kier molecular flexibility index (Phi) is 1.58. The summed E-state index contributed by atoms with van der Waals surface area (Å²) in [5.74, 6) is 0. The summed E-state index contributed by atoms with van der Waals surface area (Å²) < 4.78 is 11.5. The van der Waals surface area contributed by atoms with Crippen LogP contribution in [0.1, 0.15) is 39.0 Å². The monoisotopic (exact) mass is 182 g/mol. The van der Waals surface area contributed by atoms with Crippen molar-refractivity contribution in [3.05, 3.63) is 0 Å². The molecule has 0 N–H and O–H groups in total. The molecular formula is C11H18O2. The van der Waals surface area contributed by atoms with E-state index in [0.717, 1.165) is 13.2 Å². The lowest BCUT2D eigenvalue weighted by molar-refractivity contribution is -0.163. The highest BCUT2D eigenvalue weighted by Crippen LogP contribution is 2.67. The maximum atomic E-state index is 5.81. The van der Waals surface area contributed by atoms with Crippen molar-refractivity contribution >= 4 is 0 Å². The fourth-order valence-electron chi connectivity index (χ4n) is 3.56. The van der Waals surface area contributed by atoms with Crippen molar-refractivity contribution in [2.75, 3.05) is 13.2 Å². The second-order valence-electron chi connectivity index (χ2n) is 4.79. The molecule has 2 saturated carbocycles. The van der Waals surface area contributed by atoms with Crippen LogP contribution in [0, 0.1) is 5.41 Å². The summed E-state index contributed by atoms with van der Waals surface area (Å²) in [6, 6.07) is 0. The molecule has 2 atom stereocenters. The first-order valence-electron chi connectivity index (χ1n) is 5.59. The lowest BCUT2D eigenvalue weighted by Gasteiger charge is -2.52. The van der Waals surface area contributed by atoms with E-state index in [9.17, 15) is 0 Å². The average Bonchev–Trinajstić information content (AvgIpc) is 2.78. The van der Waals surface area contributed by atoms with Crippen LogP contribution in [0.2, 0.25) is 0 Å². The van der Waals surface area contributed by atoms with Gasteiger partial charge in [-0.05, 0) is 19.8 Å². The Balaban J connectivity index is 1.79. The van der Waals surface area contributed by atoms with Gasteiger partial charge < -0.3 is 9.47 Å². The second-order valence-corrected chi connectivity index (χ2v) is 4.79. The van der Waals surface area contributed by atoms with E-state index >= 15 is 0 Å². The Morgan fingerprint density at radius 1 is 1.38 bits per heavy atom. The Bertz CT molecular complexity index is 214. The molecule has 3 fully saturated rings. The Morgan fingerprint density at radius 2 is 2.08 bits per heavy atom. The van der Waals surface area contributed by atoms with E-state index in [1.165, 1.54) is 32.1 Å². The first kappa shape index (κ1) is 8.25. The predicted molar refractivity (Wildman–Crippen MR) is 49.6 cm³/mol. The van der Waals surface area contributed by atoms with Crippen molar-refractivity contribution in [2.45, 2.75) is 50.7 Å². The van der Waals surface area contributed by atoms with E-state index in [2.05, 4.69) is 6.92 Å². The molecule has 0 aromatic heterocycles. The van der Waals surface area contributed by atoms with Crippen LogP contribution in [0.25, 0.3) is 0 Å². The van der Waals surface area contributed by atoms with Crippen molar-refractivity contribution < 1.29 is 9.47 Å². The molecule has 2 nitrogen and oxygen atoms in total. The summed E-state index contributed by atoms with van der Waals surface area (Å²) in [4.78, 5) is 0. The summed E-state index contributed by atoms with van der Waals surface area (Å²) in [5.41, 5.74) is 0.742. The van der Waals surface area contributed by atoms with E-state index in [-0.39, 0.29) is 0 Å². The summed E-state index contributed by atoms with van der Waals surface area (Å²) in [5, 5.41) is 0. The largest absolute Gasteiger partial charge is 0.378 e. The predicted octanol–water partition coefficient (Wildman–Crippen LogP) is 2.12. The number of rotatable bonds is 2. The molecule has 3 rings (SSSR count). The van der Waals surface area contributed by atoms with Gasteiger partial charge in [0.1, 0.15) is 5.60 Å². The van der Waals surface area contributed by atoms with E-state index < -0.39 is 0 Å². The van der Waals surface area contributed by atoms with Gasteiger partial charge in [-0.1, -0.05) is 12.8 Å². The first-order chi connectivity index (χ1) is 6.33. The van der Waals surface area contributed by atoms with Crippen LogP contribution >= 0.6 is 0 Å². The molecule has 3 aliphatic rings. The number of hydrogen-bond acceptors (Lipinski definition) is 2. The summed E-state index contributed by atoms with van der Waals surface area (Å²) >= 11 is 0. The van der Waals surface area contributed by atoms with Crippen molar-refractivity contribution in [1.29, 1.82) is 0 Å². The molecule has 2 unspecified atom stereocenters. The normalized spacial score (nSPS) is 45.5.